The highest BCUT2D eigenvalue weighted by molar-refractivity contribution is 5.73. The molecule has 39 heavy (non-hydrogen) atoms. The summed E-state index contributed by atoms with van der Waals surface area (Å²) in [6, 6.07) is 12.5. The lowest BCUT2D eigenvalue weighted by molar-refractivity contribution is -0.193. The van der Waals surface area contributed by atoms with Gasteiger partial charge in [0.1, 0.15) is 23.7 Å². The molecule has 0 unspecified atom stereocenters. The number of fused-ring (bicyclic) bond motifs is 1. The number of methoxy groups -OCH3 is 1. The number of pyridine rings is 1. The van der Waals surface area contributed by atoms with Crippen molar-refractivity contribution < 1.29 is 60.4 Å². The van der Waals surface area contributed by atoms with Crippen molar-refractivity contribution in [1.29, 1.82) is 0 Å². The van der Waals surface area contributed by atoms with E-state index in [9.17, 15) is 26.3 Å². The number of para-hydroxylation sites is 1. The number of rotatable bonds is 5. The number of morpholine rings is 1. The van der Waals surface area contributed by atoms with Gasteiger partial charge in [0.15, 0.2) is 0 Å². The van der Waals surface area contributed by atoms with E-state index in [1.54, 1.807) is 19.5 Å². The normalized spacial score (nSPS) is 20.8. The van der Waals surface area contributed by atoms with Gasteiger partial charge >= 0.3 is 24.3 Å². The zero-order chi connectivity index (χ0) is 29.2. The number of hydrogen-bond donors (Lipinski definition) is 2. The molecule has 1 aromatic heterocycles. The molecule has 2 N–H and O–H groups in total. The molecule has 216 valence electrons. The highest BCUT2D eigenvalue weighted by Crippen LogP contribution is 2.34. The summed E-state index contributed by atoms with van der Waals surface area (Å²) in [5.74, 6) is -3.75. The maximum Gasteiger partial charge on any atom is 0.490 e. The van der Waals surface area contributed by atoms with Crippen LogP contribution in [0.2, 0.25) is 0 Å². The number of carboxylic acids is 2. The van der Waals surface area contributed by atoms with Crippen molar-refractivity contribution in [3.05, 3.63) is 54.4 Å². The Bertz CT molecular complexity index is 1040. The van der Waals surface area contributed by atoms with Crippen molar-refractivity contribution in [3.63, 3.8) is 0 Å². The molecular formula is C24H26F6N2O7. The van der Waals surface area contributed by atoms with Gasteiger partial charge in [-0.2, -0.15) is 26.3 Å². The third-order valence-electron chi connectivity index (χ3n) is 5.62. The number of benzene rings is 1. The summed E-state index contributed by atoms with van der Waals surface area (Å²) in [7, 11) is 1.73. The third kappa shape index (κ3) is 9.90. The van der Waals surface area contributed by atoms with Gasteiger partial charge in [-0.15, -0.1) is 0 Å². The number of aromatic nitrogens is 1. The van der Waals surface area contributed by atoms with E-state index < -0.39 is 24.3 Å². The fraction of sp³-hybridized carbons (Fsp3) is 0.458. The molecule has 2 aliphatic rings. The summed E-state index contributed by atoms with van der Waals surface area (Å²) in [6.45, 7) is 2.57. The van der Waals surface area contributed by atoms with E-state index >= 15 is 0 Å². The SMILES string of the molecule is COc1ccccc1CN1CCO[C@H]2[C@@H](Oc3cccnc3)CC[C@@H]21.O=C(O)C(F)(F)F.O=C(O)C(F)(F)F. The van der Waals surface area contributed by atoms with Gasteiger partial charge in [-0.1, -0.05) is 18.2 Å². The molecule has 0 bridgehead atoms. The first kappa shape index (κ1) is 31.6. The number of carbonyl (C=O) groups is 2. The number of alkyl halides is 6. The van der Waals surface area contributed by atoms with Crippen molar-refractivity contribution in [2.24, 2.45) is 0 Å². The summed E-state index contributed by atoms with van der Waals surface area (Å²) in [5.41, 5.74) is 1.22. The van der Waals surface area contributed by atoms with E-state index in [-0.39, 0.29) is 12.2 Å². The Balaban J connectivity index is 0.000000317. The number of ether oxygens (including phenoxy) is 3. The molecule has 1 aromatic carbocycles. The van der Waals surface area contributed by atoms with Crippen molar-refractivity contribution in [2.75, 3.05) is 20.3 Å². The van der Waals surface area contributed by atoms with Gasteiger partial charge in [0.2, 0.25) is 0 Å². The Labute approximate surface area is 218 Å². The minimum Gasteiger partial charge on any atom is -0.496 e. The Hall–Kier alpha value is -3.59. The second kappa shape index (κ2) is 14.0. The van der Waals surface area contributed by atoms with E-state index in [0.29, 0.717) is 6.04 Å². The van der Waals surface area contributed by atoms with Crippen LogP contribution < -0.4 is 9.47 Å². The van der Waals surface area contributed by atoms with Gasteiger partial charge in [0.05, 0.1) is 19.9 Å². The number of halogens is 6. The highest BCUT2D eigenvalue weighted by atomic mass is 19.4. The molecule has 1 saturated heterocycles. The first-order valence-electron chi connectivity index (χ1n) is 11.4. The molecule has 1 aliphatic heterocycles. The van der Waals surface area contributed by atoms with Crippen LogP contribution in [-0.2, 0) is 20.9 Å². The average Bonchev–Trinajstić information content (AvgIpc) is 3.28. The van der Waals surface area contributed by atoms with Crippen LogP contribution >= 0.6 is 0 Å². The topological polar surface area (TPSA) is 118 Å². The molecular weight excluding hydrogens is 542 g/mol. The fourth-order valence-electron chi connectivity index (χ4n) is 3.96. The zero-order valence-corrected chi connectivity index (χ0v) is 20.5. The van der Waals surface area contributed by atoms with Crippen LogP contribution in [0.3, 0.4) is 0 Å². The second-order valence-corrected chi connectivity index (χ2v) is 8.21. The van der Waals surface area contributed by atoms with E-state index in [2.05, 4.69) is 22.0 Å². The number of nitrogens with zero attached hydrogens (tertiary/aromatic N) is 2. The van der Waals surface area contributed by atoms with Crippen LogP contribution in [0.5, 0.6) is 11.5 Å². The van der Waals surface area contributed by atoms with Gasteiger partial charge in [-0.25, -0.2) is 9.59 Å². The second-order valence-electron chi connectivity index (χ2n) is 8.21. The Morgan fingerprint density at radius 1 is 1.03 bits per heavy atom. The number of hydrogen-bond acceptors (Lipinski definition) is 7. The summed E-state index contributed by atoms with van der Waals surface area (Å²) < 4.78 is 81.2. The van der Waals surface area contributed by atoms with Crippen molar-refractivity contribution >= 4 is 11.9 Å². The minimum absolute atomic E-state index is 0.0923. The van der Waals surface area contributed by atoms with Crippen LogP contribution in [0.4, 0.5) is 26.3 Å². The standard InChI is InChI=1S/C20H24N2O3.2C2HF3O2/c1-23-18-7-3-2-5-15(18)14-22-11-12-24-20-17(22)8-9-19(20)25-16-6-4-10-21-13-16;2*3-2(4,5)1(6)7/h2-7,10,13,17,19-20H,8-9,11-12,14H2,1H3;2*(H,6,7)/t17-,19-,20+;;/m0../s1. The van der Waals surface area contributed by atoms with Gasteiger partial charge < -0.3 is 24.4 Å². The lowest BCUT2D eigenvalue weighted by Gasteiger charge is -2.39. The molecule has 2 fully saturated rings. The monoisotopic (exact) mass is 568 g/mol. The van der Waals surface area contributed by atoms with E-state index in [4.69, 9.17) is 34.0 Å². The molecule has 15 heteroatoms. The van der Waals surface area contributed by atoms with E-state index in [1.807, 2.05) is 24.3 Å². The molecule has 3 atom stereocenters. The number of carboxylic acid groups (broad SMARTS) is 2. The van der Waals surface area contributed by atoms with E-state index in [1.165, 1.54) is 5.56 Å². The van der Waals surface area contributed by atoms with Crippen LogP contribution in [0.25, 0.3) is 0 Å². The molecule has 9 nitrogen and oxygen atoms in total. The zero-order valence-electron chi connectivity index (χ0n) is 20.5. The van der Waals surface area contributed by atoms with Crippen LogP contribution in [0, 0.1) is 0 Å². The van der Waals surface area contributed by atoms with E-state index in [0.717, 1.165) is 44.0 Å². The maximum atomic E-state index is 10.6. The van der Waals surface area contributed by atoms with Gasteiger partial charge in [-0.3, -0.25) is 9.88 Å². The molecule has 2 heterocycles. The molecule has 1 aliphatic carbocycles. The lowest BCUT2D eigenvalue weighted by Crippen LogP contribution is -2.51. The summed E-state index contributed by atoms with van der Waals surface area (Å²) in [5, 5.41) is 14.2. The Kier molecular flexibility index (Phi) is 11.3. The Morgan fingerprint density at radius 3 is 2.18 bits per heavy atom. The summed E-state index contributed by atoms with van der Waals surface area (Å²) in [6.07, 6.45) is -4.34. The fourth-order valence-corrected chi connectivity index (χ4v) is 3.96. The largest absolute Gasteiger partial charge is 0.496 e. The molecule has 0 radical (unpaired) electrons. The first-order chi connectivity index (χ1) is 18.2. The lowest BCUT2D eigenvalue weighted by atomic mass is 10.1. The predicted octanol–water partition coefficient (Wildman–Crippen LogP) is 4.17. The summed E-state index contributed by atoms with van der Waals surface area (Å²) >= 11 is 0. The van der Waals surface area contributed by atoms with Gasteiger partial charge in [0, 0.05) is 30.9 Å². The van der Waals surface area contributed by atoms with Crippen LogP contribution in [-0.4, -0.2) is 82.9 Å². The van der Waals surface area contributed by atoms with Crippen molar-refractivity contribution in [1.82, 2.24) is 9.88 Å². The molecule has 0 spiro atoms. The Morgan fingerprint density at radius 2 is 1.64 bits per heavy atom. The van der Waals surface area contributed by atoms with Crippen LogP contribution in [0.1, 0.15) is 18.4 Å². The molecule has 4 rings (SSSR count). The minimum atomic E-state index is -5.08. The first-order valence-corrected chi connectivity index (χ1v) is 11.4. The quantitative estimate of drug-likeness (QED) is 0.513. The van der Waals surface area contributed by atoms with Crippen LogP contribution in [0.15, 0.2) is 48.8 Å². The third-order valence-corrected chi connectivity index (χ3v) is 5.62. The maximum absolute atomic E-state index is 10.6. The van der Waals surface area contributed by atoms with Crippen molar-refractivity contribution in [2.45, 2.75) is 50.0 Å². The average molecular weight is 568 g/mol. The van der Waals surface area contributed by atoms with Gasteiger partial charge in [-0.05, 0) is 31.0 Å². The predicted molar refractivity (Wildman–Crippen MR) is 122 cm³/mol. The number of aliphatic carboxylic acids is 2. The van der Waals surface area contributed by atoms with Gasteiger partial charge in [0.25, 0.3) is 0 Å². The molecule has 1 saturated carbocycles. The summed E-state index contributed by atoms with van der Waals surface area (Å²) in [4.78, 5) is 24.4. The highest BCUT2D eigenvalue weighted by Gasteiger charge is 2.44. The molecule has 0 amide bonds. The van der Waals surface area contributed by atoms with Crippen molar-refractivity contribution in [3.8, 4) is 11.5 Å². The smallest absolute Gasteiger partial charge is 0.490 e. The molecule has 2 aromatic rings.